The number of hydrogen-bond acceptors (Lipinski definition) is 4. The molecular weight excluding hydrogens is 244 g/mol. The van der Waals surface area contributed by atoms with Crippen LogP contribution in [-0.4, -0.2) is 13.1 Å². The molecule has 0 unspecified atom stereocenters. The number of benzene rings is 1. The maximum atomic E-state index is 11.3. The Hall–Kier alpha value is -2.07. The number of carbonyl (C=O) groups excluding carboxylic acids is 1. The van der Waals surface area contributed by atoms with Crippen molar-refractivity contribution in [3.63, 3.8) is 0 Å². The topological polar surface area (TPSA) is 48.7 Å². The van der Waals surface area contributed by atoms with E-state index < -0.39 is 0 Å². The third kappa shape index (κ3) is 3.96. The van der Waals surface area contributed by atoms with Gasteiger partial charge in [-0.25, -0.2) is 0 Å². The van der Waals surface area contributed by atoms with Crippen LogP contribution in [0.5, 0.6) is 0 Å². The van der Waals surface area contributed by atoms with Gasteiger partial charge in [0.1, 0.15) is 12.4 Å². The maximum Gasteiger partial charge on any atom is 0.309 e. The molecule has 4 heteroatoms. The summed E-state index contributed by atoms with van der Waals surface area (Å²) in [5, 5.41) is 0. The highest BCUT2D eigenvalue weighted by Crippen LogP contribution is 2.13. The molecule has 1 aromatic heterocycles. The van der Waals surface area contributed by atoms with Gasteiger partial charge in [-0.05, 0) is 23.3 Å². The van der Waals surface area contributed by atoms with Gasteiger partial charge in [-0.15, -0.1) is 0 Å². The van der Waals surface area contributed by atoms with Gasteiger partial charge >= 0.3 is 5.97 Å². The first kappa shape index (κ1) is 13.4. The summed E-state index contributed by atoms with van der Waals surface area (Å²) >= 11 is 0. The average molecular weight is 260 g/mol. The van der Waals surface area contributed by atoms with E-state index in [0.717, 1.165) is 16.9 Å². The highest BCUT2D eigenvalue weighted by atomic mass is 16.5. The first-order valence-electron chi connectivity index (χ1n) is 6.03. The van der Waals surface area contributed by atoms with Gasteiger partial charge in [0.25, 0.3) is 0 Å². The van der Waals surface area contributed by atoms with E-state index in [2.05, 4.69) is 4.74 Å². The Morgan fingerprint density at radius 2 is 1.89 bits per heavy atom. The van der Waals surface area contributed by atoms with Crippen LogP contribution in [0.4, 0.5) is 0 Å². The summed E-state index contributed by atoms with van der Waals surface area (Å²) in [5.74, 6) is 0.531. The molecule has 4 nitrogen and oxygen atoms in total. The quantitative estimate of drug-likeness (QED) is 0.749. The molecule has 0 aliphatic carbocycles. The number of furan rings is 1. The van der Waals surface area contributed by atoms with E-state index in [-0.39, 0.29) is 12.4 Å². The van der Waals surface area contributed by atoms with E-state index in [9.17, 15) is 4.79 Å². The van der Waals surface area contributed by atoms with Gasteiger partial charge in [-0.3, -0.25) is 4.79 Å². The molecule has 100 valence electrons. The monoisotopic (exact) mass is 260 g/mol. The molecule has 0 N–H and O–H groups in total. The minimum Gasteiger partial charge on any atom is -0.469 e. The van der Waals surface area contributed by atoms with Gasteiger partial charge in [0, 0.05) is 0 Å². The smallest absolute Gasteiger partial charge is 0.309 e. The zero-order valence-corrected chi connectivity index (χ0v) is 10.8. The van der Waals surface area contributed by atoms with Gasteiger partial charge in [0.2, 0.25) is 0 Å². The average Bonchev–Trinajstić information content (AvgIpc) is 2.94. The molecule has 0 radical (unpaired) electrons. The third-order valence-corrected chi connectivity index (χ3v) is 2.76. The predicted molar refractivity (Wildman–Crippen MR) is 69.4 cm³/mol. The second-order valence-electron chi connectivity index (χ2n) is 4.09. The van der Waals surface area contributed by atoms with Crippen molar-refractivity contribution in [3.8, 4) is 0 Å². The highest BCUT2D eigenvalue weighted by Gasteiger charge is 2.08. The molecule has 2 aromatic rings. The van der Waals surface area contributed by atoms with Crippen LogP contribution < -0.4 is 0 Å². The standard InChI is InChI=1S/C15H16O4/c1-17-15(16)9-12-5-2-3-6-13(12)10-18-11-14-7-4-8-19-14/h2-8H,9-11H2,1H3. The molecule has 0 saturated heterocycles. The van der Waals surface area contributed by atoms with Crippen LogP contribution >= 0.6 is 0 Å². The summed E-state index contributed by atoms with van der Waals surface area (Å²) in [6.07, 6.45) is 1.88. The summed E-state index contributed by atoms with van der Waals surface area (Å²) in [6.45, 7) is 0.855. The summed E-state index contributed by atoms with van der Waals surface area (Å²) in [7, 11) is 1.39. The van der Waals surface area contributed by atoms with Crippen LogP contribution in [0.25, 0.3) is 0 Å². The summed E-state index contributed by atoms with van der Waals surface area (Å²) in [6, 6.07) is 11.4. The number of ether oxygens (including phenoxy) is 2. The fourth-order valence-electron chi connectivity index (χ4n) is 1.75. The van der Waals surface area contributed by atoms with Crippen molar-refractivity contribution in [1.82, 2.24) is 0 Å². The van der Waals surface area contributed by atoms with Crippen LogP contribution in [0.2, 0.25) is 0 Å². The van der Waals surface area contributed by atoms with Crippen LogP contribution in [0.3, 0.4) is 0 Å². The van der Waals surface area contributed by atoms with Gasteiger partial charge in [-0.2, -0.15) is 0 Å². The Bertz CT molecular complexity index is 517. The highest BCUT2D eigenvalue weighted by molar-refractivity contribution is 5.72. The van der Waals surface area contributed by atoms with Crippen LogP contribution in [0.15, 0.2) is 47.1 Å². The fraction of sp³-hybridized carbons (Fsp3) is 0.267. The molecule has 19 heavy (non-hydrogen) atoms. The molecule has 0 saturated carbocycles. The van der Waals surface area contributed by atoms with E-state index in [1.165, 1.54) is 7.11 Å². The summed E-state index contributed by atoms with van der Waals surface area (Å²) < 4.78 is 15.4. The molecule has 0 aliphatic heterocycles. The van der Waals surface area contributed by atoms with Crippen molar-refractivity contribution < 1.29 is 18.7 Å². The molecular formula is C15H16O4. The SMILES string of the molecule is COC(=O)Cc1ccccc1COCc1ccco1. The predicted octanol–water partition coefficient (Wildman–Crippen LogP) is 2.71. The van der Waals surface area contributed by atoms with Crippen molar-refractivity contribution in [3.05, 3.63) is 59.5 Å². The minimum atomic E-state index is -0.251. The van der Waals surface area contributed by atoms with Crippen molar-refractivity contribution in [2.24, 2.45) is 0 Å². The molecule has 0 atom stereocenters. The summed E-state index contributed by atoms with van der Waals surface area (Å²) in [4.78, 5) is 11.3. The zero-order valence-electron chi connectivity index (χ0n) is 10.8. The van der Waals surface area contributed by atoms with Gasteiger partial charge in [-0.1, -0.05) is 24.3 Å². The van der Waals surface area contributed by atoms with E-state index in [1.807, 2.05) is 36.4 Å². The molecule has 0 fully saturated rings. The number of hydrogen-bond donors (Lipinski definition) is 0. The van der Waals surface area contributed by atoms with E-state index in [1.54, 1.807) is 6.26 Å². The van der Waals surface area contributed by atoms with Crippen LogP contribution in [0.1, 0.15) is 16.9 Å². The van der Waals surface area contributed by atoms with Gasteiger partial charge in [0.05, 0.1) is 26.4 Å². The Kier molecular flexibility index (Phi) is 4.75. The lowest BCUT2D eigenvalue weighted by Gasteiger charge is -2.08. The van der Waals surface area contributed by atoms with E-state index in [4.69, 9.17) is 9.15 Å². The molecule has 0 bridgehead atoms. The molecule has 0 aliphatic rings. The van der Waals surface area contributed by atoms with Gasteiger partial charge < -0.3 is 13.9 Å². The second-order valence-corrected chi connectivity index (χ2v) is 4.09. The lowest BCUT2D eigenvalue weighted by atomic mass is 10.1. The minimum absolute atomic E-state index is 0.251. The zero-order chi connectivity index (χ0) is 13.5. The molecule has 0 amide bonds. The largest absolute Gasteiger partial charge is 0.469 e. The van der Waals surface area contributed by atoms with Gasteiger partial charge in [0.15, 0.2) is 0 Å². The van der Waals surface area contributed by atoms with Crippen LogP contribution in [-0.2, 0) is 33.9 Å². The first-order valence-corrected chi connectivity index (χ1v) is 6.03. The van der Waals surface area contributed by atoms with Crippen molar-refractivity contribution in [1.29, 1.82) is 0 Å². The molecule has 2 rings (SSSR count). The number of esters is 1. The lowest BCUT2D eigenvalue weighted by Crippen LogP contribution is -2.07. The van der Waals surface area contributed by atoms with Crippen LogP contribution in [0, 0.1) is 0 Å². The van der Waals surface area contributed by atoms with Crippen molar-refractivity contribution in [2.45, 2.75) is 19.6 Å². The second kappa shape index (κ2) is 6.75. The first-order chi connectivity index (χ1) is 9.29. The molecule has 0 spiro atoms. The number of rotatable bonds is 6. The third-order valence-electron chi connectivity index (χ3n) is 2.76. The summed E-state index contributed by atoms with van der Waals surface area (Å²) in [5.41, 5.74) is 1.91. The lowest BCUT2D eigenvalue weighted by molar-refractivity contribution is -0.139. The Morgan fingerprint density at radius 3 is 2.58 bits per heavy atom. The van der Waals surface area contributed by atoms with Crippen molar-refractivity contribution in [2.75, 3.05) is 7.11 Å². The number of methoxy groups -OCH3 is 1. The van der Waals surface area contributed by atoms with E-state index in [0.29, 0.717) is 13.2 Å². The normalized spacial score (nSPS) is 10.4. The van der Waals surface area contributed by atoms with Crippen molar-refractivity contribution >= 4 is 5.97 Å². The van der Waals surface area contributed by atoms with E-state index >= 15 is 0 Å². The Morgan fingerprint density at radius 1 is 1.11 bits per heavy atom. The fourth-order valence-corrected chi connectivity index (χ4v) is 1.75. The number of carbonyl (C=O) groups is 1. The maximum absolute atomic E-state index is 11.3. The molecule has 1 heterocycles. The Labute approximate surface area is 111 Å². The molecule has 1 aromatic carbocycles. The Balaban J connectivity index is 1.93.